The molecule has 0 aliphatic carbocycles. The van der Waals surface area contributed by atoms with Crippen molar-refractivity contribution in [1.29, 1.82) is 0 Å². The lowest BCUT2D eigenvalue weighted by molar-refractivity contribution is 0.304. The fourth-order valence-corrected chi connectivity index (χ4v) is 2.22. The number of halogens is 1. The number of fused-ring (bicyclic) bond motifs is 1. The molecule has 1 heterocycles. The van der Waals surface area contributed by atoms with Gasteiger partial charge in [-0.15, -0.1) is 0 Å². The van der Waals surface area contributed by atoms with Gasteiger partial charge in [0.2, 0.25) is 0 Å². The molecule has 1 aliphatic rings. The molecule has 2 heteroatoms. The SMILES string of the molecule is Cc1c(Cl)ccc2c1C(C(C)C)CO2. The van der Waals surface area contributed by atoms with E-state index in [4.69, 9.17) is 16.3 Å². The van der Waals surface area contributed by atoms with Crippen LogP contribution in [0.3, 0.4) is 0 Å². The maximum absolute atomic E-state index is 6.11. The third-order valence-corrected chi connectivity index (χ3v) is 3.41. The van der Waals surface area contributed by atoms with Crippen LogP contribution in [0.1, 0.15) is 30.9 Å². The molecular formula is C12H15ClO. The third-order valence-electron chi connectivity index (χ3n) is 3.00. The maximum atomic E-state index is 6.11. The van der Waals surface area contributed by atoms with E-state index in [0.29, 0.717) is 11.8 Å². The molecule has 2 rings (SSSR count). The molecule has 0 amide bonds. The summed E-state index contributed by atoms with van der Waals surface area (Å²) >= 11 is 6.11. The van der Waals surface area contributed by atoms with E-state index in [2.05, 4.69) is 20.8 Å². The summed E-state index contributed by atoms with van der Waals surface area (Å²) < 4.78 is 5.65. The van der Waals surface area contributed by atoms with Crippen molar-refractivity contribution < 1.29 is 4.74 Å². The van der Waals surface area contributed by atoms with Crippen molar-refractivity contribution in [3.63, 3.8) is 0 Å². The van der Waals surface area contributed by atoms with Gasteiger partial charge in [-0.1, -0.05) is 25.4 Å². The molecule has 1 unspecified atom stereocenters. The number of benzene rings is 1. The summed E-state index contributed by atoms with van der Waals surface area (Å²) in [7, 11) is 0. The van der Waals surface area contributed by atoms with E-state index in [1.54, 1.807) is 0 Å². The summed E-state index contributed by atoms with van der Waals surface area (Å²) in [5, 5.41) is 0.847. The molecule has 0 saturated heterocycles. The molecule has 1 atom stereocenters. The normalized spacial score (nSPS) is 19.6. The average molecular weight is 211 g/mol. The summed E-state index contributed by atoms with van der Waals surface area (Å²) in [6.07, 6.45) is 0. The molecule has 0 bridgehead atoms. The molecule has 1 aromatic carbocycles. The molecule has 0 fully saturated rings. The summed E-state index contributed by atoms with van der Waals surface area (Å²) in [5.74, 6) is 2.13. The summed E-state index contributed by atoms with van der Waals surface area (Å²) in [6.45, 7) is 7.33. The first-order valence-corrected chi connectivity index (χ1v) is 5.41. The Morgan fingerprint density at radius 1 is 1.43 bits per heavy atom. The zero-order valence-electron chi connectivity index (χ0n) is 8.80. The minimum Gasteiger partial charge on any atom is -0.493 e. The monoisotopic (exact) mass is 210 g/mol. The van der Waals surface area contributed by atoms with Crippen LogP contribution in [0.15, 0.2) is 12.1 Å². The first kappa shape index (κ1) is 9.85. The third kappa shape index (κ3) is 1.40. The lowest BCUT2D eigenvalue weighted by Crippen LogP contribution is -2.08. The van der Waals surface area contributed by atoms with E-state index in [0.717, 1.165) is 17.4 Å². The molecule has 1 nitrogen and oxygen atoms in total. The van der Waals surface area contributed by atoms with Gasteiger partial charge in [-0.25, -0.2) is 0 Å². The van der Waals surface area contributed by atoms with Crippen LogP contribution in [0.2, 0.25) is 5.02 Å². The number of rotatable bonds is 1. The molecule has 0 aromatic heterocycles. The Labute approximate surface area is 90.0 Å². The predicted octanol–water partition coefficient (Wildman–Crippen LogP) is 3.78. The van der Waals surface area contributed by atoms with Crippen LogP contribution in [-0.4, -0.2) is 6.61 Å². The second-order valence-corrected chi connectivity index (χ2v) is 4.65. The van der Waals surface area contributed by atoms with Gasteiger partial charge in [-0.3, -0.25) is 0 Å². The van der Waals surface area contributed by atoms with Crippen LogP contribution < -0.4 is 4.74 Å². The fourth-order valence-electron chi connectivity index (χ4n) is 2.05. The summed E-state index contributed by atoms with van der Waals surface area (Å²) in [4.78, 5) is 0. The Morgan fingerprint density at radius 3 is 2.79 bits per heavy atom. The van der Waals surface area contributed by atoms with Crippen molar-refractivity contribution in [1.82, 2.24) is 0 Å². The molecule has 0 saturated carbocycles. The Hall–Kier alpha value is -0.690. The van der Waals surface area contributed by atoms with Gasteiger partial charge in [0.1, 0.15) is 5.75 Å². The molecule has 1 aromatic rings. The average Bonchev–Trinajstić information content (AvgIpc) is 2.55. The van der Waals surface area contributed by atoms with Gasteiger partial charge in [-0.2, -0.15) is 0 Å². The fraction of sp³-hybridized carbons (Fsp3) is 0.500. The minimum atomic E-state index is 0.503. The van der Waals surface area contributed by atoms with Crippen molar-refractivity contribution in [3.8, 4) is 5.75 Å². The molecule has 14 heavy (non-hydrogen) atoms. The van der Waals surface area contributed by atoms with E-state index in [9.17, 15) is 0 Å². The van der Waals surface area contributed by atoms with Gasteiger partial charge in [0, 0.05) is 16.5 Å². The van der Waals surface area contributed by atoms with Crippen LogP contribution in [0, 0.1) is 12.8 Å². The standard InChI is InChI=1S/C12H15ClO/c1-7(2)9-6-14-11-5-4-10(13)8(3)12(9)11/h4-5,7,9H,6H2,1-3H3. The van der Waals surface area contributed by atoms with Crippen LogP contribution in [0.4, 0.5) is 0 Å². The number of hydrogen-bond acceptors (Lipinski definition) is 1. The smallest absolute Gasteiger partial charge is 0.123 e. The molecule has 1 aliphatic heterocycles. The number of ether oxygens (including phenoxy) is 1. The minimum absolute atomic E-state index is 0.503. The highest BCUT2D eigenvalue weighted by Gasteiger charge is 2.28. The van der Waals surface area contributed by atoms with E-state index >= 15 is 0 Å². The molecule has 0 spiro atoms. The second-order valence-electron chi connectivity index (χ2n) is 4.25. The topological polar surface area (TPSA) is 9.23 Å². The van der Waals surface area contributed by atoms with Crippen LogP contribution in [-0.2, 0) is 0 Å². The van der Waals surface area contributed by atoms with Crippen molar-refractivity contribution in [2.45, 2.75) is 26.7 Å². The Bertz CT molecular complexity index is 358. The zero-order valence-corrected chi connectivity index (χ0v) is 9.56. The molecule has 0 N–H and O–H groups in total. The van der Waals surface area contributed by atoms with E-state index < -0.39 is 0 Å². The van der Waals surface area contributed by atoms with Crippen LogP contribution >= 0.6 is 11.6 Å². The van der Waals surface area contributed by atoms with Crippen LogP contribution in [0.25, 0.3) is 0 Å². The van der Waals surface area contributed by atoms with Crippen molar-refractivity contribution in [3.05, 3.63) is 28.3 Å². The maximum Gasteiger partial charge on any atom is 0.123 e. The summed E-state index contributed by atoms with van der Waals surface area (Å²) in [5.41, 5.74) is 2.49. The van der Waals surface area contributed by atoms with Crippen LogP contribution in [0.5, 0.6) is 5.75 Å². The highest BCUT2D eigenvalue weighted by atomic mass is 35.5. The highest BCUT2D eigenvalue weighted by Crippen LogP contribution is 2.42. The van der Waals surface area contributed by atoms with Crippen molar-refractivity contribution >= 4 is 11.6 Å². The molecule has 0 radical (unpaired) electrons. The quantitative estimate of drug-likeness (QED) is 0.686. The zero-order chi connectivity index (χ0) is 10.3. The molecule has 76 valence electrons. The van der Waals surface area contributed by atoms with Crippen molar-refractivity contribution in [2.24, 2.45) is 5.92 Å². The van der Waals surface area contributed by atoms with Gasteiger partial charge in [-0.05, 0) is 30.5 Å². The van der Waals surface area contributed by atoms with Gasteiger partial charge in [0.05, 0.1) is 6.61 Å². The van der Waals surface area contributed by atoms with E-state index in [-0.39, 0.29) is 0 Å². The second kappa shape index (κ2) is 3.47. The van der Waals surface area contributed by atoms with Crippen molar-refractivity contribution in [2.75, 3.05) is 6.61 Å². The largest absolute Gasteiger partial charge is 0.493 e. The lowest BCUT2D eigenvalue weighted by atomic mass is 9.88. The van der Waals surface area contributed by atoms with Gasteiger partial charge >= 0.3 is 0 Å². The van der Waals surface area contributed by atoms with Gasteiger partial charge < -0.3 is 4.74 Å². The summed E-state index contributed by atoms with van der Waals surface area (Å²) in [6, 6.07) is 3.89. The molecular weight excluding hydrogens is 196 g/mol. The van der Waals surface area contributed by atoms with Gasteiger partial charge in [0.15, 0.2) is 0 Å². The highest BCUT2D eigenvalue weighted by molar-refractivity contribution is 6.31. The first-order chi connectivity index (χ1) is 6.61. The number of hydrogen-bond donors (Lipinski definition) is 0. The Kier molecular flexibility index (Phi) is 2.44. The van der Waals surface area contributed by atoms with Gasteiger partial charge in [0.25, 0.3) is 0 Å². The van der Waals surface area contributed by atoms with E-state index in [1.165, 1.54) is 11.1 Å². The lowest BCUT2D eigenvalue weighted by Gasteiger charge is -2.15. The predicted molar refractivity (Wildman–Crippen MR) is 59.3 cm³/mol. The Balaban J connectivity index is 2.52. The first-order valence-electron chi connectivity index (χ1n) is 5.03. The van der Waals surface area contributed by atoms with E-state index in [1.807, 2.05) is 12.1 Å². The Morgan fingerprint density at radius 2 is 2.14 bits per heavy atom.